The van der Waals surface area contributed by atoms with Gasteiger partial charge in [-0.3, -0.25) is 9.59 Å². The maximum absolute atomic E-state index is 14.4. The minimum atomic E-state index is -3.28. The quantitative estimate of drug-likeness (QED) is 0.270. The van der Waals surface area contributed by atoms with E-state index in [0.29, 0.717) is 57.0 Å². The molecule has 1 aromatic carbocycles. The van der Waals surface area contributed by atoms with E-state index in [1.807, 2.05) is 41.5 Å². The number of aliphatic imine (C=N–C) groups is 1. The molecule has 12 nitrogen and oxygen atoms in total. The molecule has 2 aromatic rings. The molecule has 5 rings (SSSR count). The van der Waals surface area contributed by atoms with Gasteiger partial charge in [-0.25, -0.2) is 18.1 Å². The van der Waals surface area contributed by atoms with Crippen LogP contribution in [0, 0.1) is 11.3 Å². The van der Waals surface area contributed by atoms with Gasteiger partial charge in [-0.2, -0.15) is 5.26 Å². The fourth-order valence-corrected chi connectivity index (χ4v) is 7.81. The third-order valence-corrected chi connectivity index (χ3v) is 10.8. The molecule has 260 valence electrons. The first-order valence-corrected chi connectivity index (χ1v) is 19.7. The van der Waals surface area contributed by atoms with Crippen molar-refractivity contribution < 1.29 is 22.7 Å². The van der Waals surface area contributed by atoms with E-state index in [2.05, 4.69) is 21.4 Å². The predicted octanol–water partition coefficient (Wildman–Crippen LogP) is 3.28. The van der Waals surface area contributed by atoms with Crippen LogP contribution in [0.25, 0.3) is 0 Å². The second-order valence-corrected chi connectivity index (χ2v) is 15.8. The maximum Gasteiger partial charge on any atom is 0.288 e. The highest BCUT2D eigenvalue weighted by Gasteiger charge is 2.41. The summed E-state index contributed by atoms with van der Waals surface area (Å²) in [6.45, 7) is 3.70. The molecule has 0 radical (unpaired) electrons. The van der Waals surface area contributed by atoms with E-state index >= 15 is 0 Å². The number of amides is 2. The van der Waals surface area contributed by atoms with E-state index in [1.54, 1.807) is 28.4 Å². The number of carbonyl (C=O) groups excluding carboxylic acids is 2. The van der Waals surface area contributed by atoms with E-state index < -0.39 is 22.1 Å². The van der Waals surface area contributed by atoms with Crippen LogP contribution < -0.4 is 15.4 Å². The molecule has 3 aliphatic rings. The smallest absolute Gasteiger partial charge is 0.288 e. The van der Waals surface area contributed by atoms with Crippen LogP contribution in [-0.4, -0.2) is 92.7 Å². The molecule has 2 aliphatic heterocycles. The number of hydrogen-bond acceptors (Lipinski definition) is 10. The predicted molar refractivity (Wildman–Crippen MR) is 186 cm³/mol. The summed E-state index contributed by atoms with van der Waals surface area (Å²) in [7, 11) is -3.28. The van der Waals surface area contributed by atoms with E-state index in [0.717, 1.165) is 42.4 Å². The van der Waals surface area contributed by atoms with E-state index in [9.17, 15) is 23.3 Å². The van der Waals surface area contributed by atoms with Crippen molar-refractivity contribution in [1.29, 1.82) is 5.26 Å². The average molecular weight is 698 g/mol. The van der Waals surface area contributed by atoms with Crippen molar-refractivity contribution >= 4 is 39.2 Å². The van der Waals surface area contributed by atoms with E-state index in [-0.39, 0.29) is 36.5 Å². The lowest BCUT2D eigenvalue weighted by Crippen LogP contribution is -2.64. The Bertz CT molecular complexity index is 1550. The Morgan fingerprint density at radius 3 is 2.58 bits per heavy atom. The molecule has 48 heavy (non-hydrogen) atoms. The number of thiophene rings is 1. The van der Waals surface area contributed by atoms with Crippen LogP contribution in [0.1, 0.15) is 80.4 Å². The van der Waals surface area contributed by atoms with Crippen molar-refractivity contribution in [3.05, 3.63) is 57.8 Å². The lowest BCUT2D eigenvalue weighted by molar-refractivity contribution is -0.145. The number of sulfonamides is 1. The molecule has 1 aliphatic carbocycles. The fraction of sp³-hybridized carbons (Fsp3) is 0.588. The first kappa shape index (κ1) is 35.8. The Morgan fingerprint density at radius 2 is 1.90 bits per heavy atom. The normalized spacial score (nSPS) is 22.4. The van der Waals surface area contributed by atoms with Crippen LogP contribution in [0.15, 0.2) is 46.8 Å². The van der Waals surface area contributed by atoms with E-state index in [1.165, 1.54) is 6.42 Å². The SMILES string of the molecule is C[C@@H]1N=C(N2CCN(C(=O)[C@@H](CCCCNS(C)(=O)=O)NC3CCCCC3)[C@H](C(=O)NCc3cccs3)C2)O[C@H]1c1ccc(C#N)cc1. The van der Waals surface area contributed by atoms with Gasteiger partial charge in [0.2, 0.25) is 21.8 Å². The van der Waals surface area contributed by atoms with Gasteiger partial charge in [-0.05, 0) is 61.7 Å². The summed E-state index contributed by atoms with van der Waals surface area (Å²) in [6.07, 6.45) is 8.08. The van der Waals surface area contributed by atoms with Gasteiger partial charge in [0.25, 0.3) is 6.02 Å². The van der Waals surface area contributed by atoms with Gasteiger partial charge in [-0.15, -0.1) is 11.3 Å². The monoisotopic (exact) mass is 697 g/mol. The van der Waals surface area contributed by atoms with Crippen molar-refractivity contribution in [2.45, 2.75) is 95.1 Å². The van der Waals surface area contributed by atoms with Crippen molar-refractivity contribution in [3.63, 3.8) is 0 Å². The molecule has 1 saturated carbocycles. The highest BCUT2D eigenvalue weighted by Crippen LogP contribution is 2.31. The molecular formula is C34H47N7O5S2. The molecule has 1 saturated heterocycles. The molecule has 0 unspecified atom stereocenters. The van der Waals surface area contributed by atoms with Gasteiger partial charge >= 0.3 is 0 Å². The molecule has 4 atom stereocenters. The number of amidine groups is 1. The number of nitrogens with zero attached hydrogens (tertiary/aromatic N) is 4. The lowest BCUT2D eigenvalue weighted by Gasteiger charge is -2.42. The summed E-state index contributed by atoms with van der Waals surface area (Å²) in [5.74, 6) is -0.337. The Hall–Kier alpha value is -3.51. The summed E-state index contributed by atoms with van der Waals surface area (Å²) in [6, 6.07) is 12.6. The first-order chi connectivity index (χ1) is 23.1. The Morgan fingerprint density at radius 1 is 1.12 bits per heavy atom. The van der Waals surface area contributed by atoms with Crippen LogP contribution in [0.2, 0.25) is 0 Å². The van der Waals surface area contributed by atoms with Crippen LogP contribution in [0.4, 0.5) is 0 Å². The molecule has 14 heteroatoms. The first-order valence-electron chi connectivity index (χ1n) is 16.9. The van der Waals surface area contributed by atoms with Gasteiger partial charge < -0.3 is 25.2 Å². The van der Waals surface area contributed by atoms with Crippen molar-refractivity contribution in [1.82, 2.24) is 25.2 Å². The van der Waals surface area contributed by atoms with Gasteiger partial charge in [0.15, 0.2) is 0 Å². The van der Waals surface area contributed by atoms with Crippen molar-refractivity contribution in [2.75, 3.05) is 32.4 Å². The fourth-order valence-electron chi connectivity index (χ4n) is 6.65. The number of benzene rings is 1. The highest BCUT2D eigenvalue weighted by molar-refractivity contribution is 7.88. The largest absolute Gasteiger partial charge is 0.455 e. The third kappa shape index (κ3) is 9.78. The summed E-state index contributed by atoms with van der Waals surface area (Å²) >= 11 is 1.56. The Labute approximate surface area is 288 Å². The summed E-state index contributed by atoms with van der Waals surface area (Å²) in [5, 5.41) is 17.8. The second-order valence-electron chi connectivity index (χ2n) is 12.9. The van der Waals surface area contributed by atoms with Gasteiger partial charge in [0.1, 0.15) is 12.1 Å². The number of unbranched alkanes of at least 4 members (excludes halogenated alkanes) is 1. The topological polar surface area (TPSA) is 156 Å². The van der Waals surface area contributed by atoms with Gasteiger partial charge in [0, 0.05) is 30.6 Å². The molecular weight excluding hydrogens is 651 g/mol. The maximum atomic E-state index is 14.4. The molecule has 3 heterocycles. The number of piperazine rings is 1. The molecule has 3 N–H and O–H groups in total. The highest BCUT2D eigenvalue weighted by atomic mass is 32.2. The zero-order valence-electron chi connectivity index (χ0n) is 27.8. The zero-order chi connectivity index (χ0) is 34.1. The van der Waals surface area contributed by atoms with E-state index in [4.69, 9.17) is 9.73 Å². The van der Waals surface area contributed by atoms with Crippen LogP contribution >= 0.6 is 11.3 Å². The number of nitriles is 1. The molecule has 0 bridgehead atoms. The molecule has 2 amide bonds. The minimum Gasteiger partial charge on any atom is -0.455 e. The Balaban J connectivity index is 1.30. The second kappa shape index (κ2) is 16.7. The number of nitrogens with one attached hydrogen (secondary N) is 3. The molecule has 0 spiro atoms. The zero-order valence-corrected chi connectivity index (χ0v) is 29.4. The number of hydrogen-bond donors (Lipinski definition) is 3. The van der Waals surface area contributed by atoms with Crippen LogP contribution in [0.3, 0.4) is 0 Å². The summed E-state index contributed by atoms with van der Waals surface area (Å²) in [5.41, 5.74) is 1.49. The van der Waals surface area contributed by atoms with Gasteiger partial charge in [0.05, 0.1) is 43.1 Å². The third-order valence-electron chi connectivity index (χ3n) is 9.23. The van der Waals surface area contributed by atoms with Crippen molar-refractivity contribution in [2.24, 2.45) is 4.99 Å². The lowest BCUT2D eigenvalue weighted by atomic mass is 9.94. The van der Waals surface area contributed by atoms with Crippen LogP contribution in [0.5, 0.6) is 0 Å². The van der Waals surface area contributed by atoms with Gasteiger partial charge in [-0.1, -0.05) is 43.9 Å². The molecule has 2 fully saturated rings. The number of carbonyl (C=O) groups is 2. The summed E-state index contributed by atoms with van der Waals surface area (Å²) in [4.78, 5) is 37.8. The van der Waals surface area contributed by atoms with Crippen LogP contribution in [-0.2, 0) is 30.9 Å². The minimum absolute atomic E-state index is 0.106. The summed E-state index contributed by atoms with van der Waals surface area (Å²) < 4.78 is 32.0. The average Bonchev–Trinajstić information content (AvgIpc) is 3.76. The standard InChI is InChI=1S/C34H47N7O5S2/c1-24-31(26-15-13-25(21-35)14-16-26)46-34(38-24)40-18-19-41(30(23-40)32(42)36-22-28-11-8-20-47-28)33(43)29(39-27-9-4-3-5-10-27)12-6-7-17-37-48(2,44)45/h8,11,13-16,20,24,27,29-31,37,39H,3-7,9-10,12,17-19,22-23H2,1-2H3,(H,36,42)/t24-,29+,30-,31+/m0/s1. The van der Waals surface area contributed by atoms with Crippen molar-refractivity contribution in [3.8, 4) is 6.07 Å². The Kier molecular flexibility index (Phi) is 12.5. The molecule has 1 aromatic heterocycles. The number of rotatable bonds is 13. The number of ether oxygens (including phenoxy) is 1.